The van der Waals surface area contributed by atoms with Crippen LogP contribution in [0, 0.1) is 0 Å². The van der Waals surface area contributed by atoms with E-state index in [0.717, 1.165) is 24.0 Å². The van der Waals surface area contributed by atoms with E-state index in [1.54, 1.807) is 6.92 Å². The third kappa shape index (κ3) is 5.60. The highest BCUT2D eigenvalue weighted by Crippen LogP contribution is 2.23. The number of hydrogen-bond acceptors (Lipinski definition) is 5. The minimum atomic E-state index is -0.710. The van der Waals surface area contributed by atoms with Gasteiger partial charge in [-0.1, -0.05) is 67.6 Å². The van der Waals surface area contributed by atoms with Gasteiger partial charge in [-0.05, 0) is 50.5 Å². The van der Waals surface area contributed by atoms with E-state index in [4.69, 9.17) is 9.26 Å². The molecule has 31 heavy (non-hydrogen) atoms. The molecule has 0 spiro atoms. The Hall–Kier alpha value is -3.41. The highest BCUT2D eigenvalue weighted by Gasteiger charge is 2.30. The summed E-state index contributed by atoms with van der Waals surface area (Å²) in [5.41, 5.74) is 2.90. The SMILES string of the molecule is C=C1C=CC=C(c2noc(N(C(=O)C(C)Oc3ccc(CCC)cc3)C(C)C)n2)C=C1. The van der Waals surface area contributed by atoms with Crippen molar-refractivity contribution in [3.05, 3.63) is 78.2 Å². The van der Waals surface area contributed by atoms with Crippen molar-refractivity contribution in [2.45, 2.75) is 52.7 Å². The second-order valence-electron chi connectivity index (χ2n) is 7.75. The van der Waals surface area contributed by atoms with Crippen LogP contribution in [0.5, 0.6) is 5.75 Å². The Labute approximate surface area is 183 Å². The van der Waals surface area contributed by atoms with Gasteiger partial charge < -0.3 is 9.26 Å². The minimum Gasteiger partial charge on any atom is -0.481 e. The second-order valence-corrected chi connectivity index (χ2v) is 7.75. The molecule has 1 amide bonds. The fourth-order valence-corrected chi connectivity index (χ4v) is 3.21. The standard InChI is InChI=1S/C25H29N3O3/c1-6-8-20-12-15-22(16-13-20)30-19(5)24(29)28(17(2)3)25-26-23(27-31-25)21-10-7-9-18(4)11-14-21/h7,9-17,19H,4,6,8H2,1-3,5H3. The third-order valence-electron chi connectivity index (χ3n) is 4.82. The first kappa shape index (κ1) is 22.3. The van der Waals surface area contributed by atoms with E-state index in [-0.39, 0.29) is 18.0 Å². The number of carbonyl (C=O) groups is 1. The number of aryl methyl sites for hydroxylation is 1. The first-order valence-corrected chi connectivity index (χ1v) is 10.6. The van der Waals surface area contributed by atoms with Gasteiger partial charge in [0.1, 0.15) is 5.75 Å². The summed E-state index contributed by atoms with van der Waals surface area (Å²) in [5, 5.41) is 4.06. The molecule has 1 unspecified atom stereocenters. The van der Waals surface area contributed by atoms with Crippen molar-refractivity contribution in [1.29, 1.82) is 0 Å². The third-order valence-corrected chi connectivity index (χ3v) is 4.82. The summed E-state index contributed by atoms with van der Waals surface area (Å²) in [4.78, 5) is 19.1. The molecule has 162 valence electrons. The molecule has 1 atom stereocenters. The largest absolute Gasteiger partial charge is 0.481 e. The van der Waals surface area contributed by atoms with E-state index in [2.05, 4.69) is 23.6 Å². The average Bonchev–Trinajstić information content (AvgIpc) is 3.10. The smallest absolute Gasteiger partial charge is 0.331 e. The maximum Gasteiger partial charge on any atom is 0.331 e. The number of nitrogens with zero attached hydrogens (tertiary/aromatic N) is 3. The Morgan fingerprint density at radius 3 is 2.58 bits per heavy atom. The average molecular weight is 420 g/mol. The van der Waals surface area contributed by atoms with E-state index in [1.165, 1.54) is 10.5 Å². The molecule has 0 bridgehead atoms. The number of anilines is 1. The van der Waals surface area contributed by atoms with Gasteiger partial charge in [0.15, 0.2) is 6.10 Å². The Morgan fingerprint density at radius 2 is 1.90 bits per heavy atom. The lowest BCUT2D eigenvalue weighted by molar-refractivity contribution is -0.125. The number of benzene rings is 1. The summed E-state index contributed by atoms with van der Waals surface area (Å²) in [7, 11) is 0. The van der Waals surface area contributed by atoms with Gasteiger partial charge in [-0.25, -0.2) is 0 Å². The van der Waals surface area contributed by atoms with Gasteiger partial charge in [0.25, 0.3) is 5.91 Å². The van der Waals surface area contributed by atoms with Gasteiger partial charge in [0, 0.05) is 11.6 Å². The Bertz CT molecular complexity index is 1010. The van der Waals surface area contributed by atoms with Crippen molar-refractivity contribution in [3.63, 3.8) is 0 Å². The molecule has 1 heterocycles. The Kier molecular flexibility index (Phi) is 7.23. The van der Waals surface area contributed by atoms with Crippen LogP contribution >= 0.6 is 0 Å². The molecule has 1 aliphatic rings. The number of aromatic nitrogens is 2. The van der Waals surface area contributed by atoms with Crippen LogP contribution in [0.2, 0.25) is 0 Å². The van der Waals surface area contributed by atoms with Crippen molar-refractivity contribution in [3.8, 4) is 5.75 Å². The highest BCUT2D eigenvalue weighted by atomic mass is 16.5. The molecule has 3 rings (SSSR count). The molecule has 1 aromatic carbocycles. The lowest BCUT2D eigenvalue weighted by Crippen LogP contribution is -2.44. The van der Waals surface area contributed by atoms with Crippen LogP contribution in [0.25, 0.3) is 5.57 Å². The molecule has 0 saturated carbocycles. The normalized spacial score (nSPS) is 14.4. The van der Waals surface area contributed by atoms with Crippen LogP contribution < -0.4 is 9.64 Å². The lowest BCUT2D eigenvalue weighted by Gasteiger charge is -2.25. The van der Waals surface area contributed by atoms with Crippen LogP contribution in [0.15, 0.2) is 71.3 Å². The fraction of sp³-hybridized carbons (Fsp3) is 0.320. The number of ether oxygens (including phenoxy) is 1. The van der Waals surface area contributed by atoms with Crippen molar-refractivity contribution in [2.75, 3.05) is 4.90 Å². The molecule has 0 saturated heterocycles. The molecule has 6 nitrogen and oxygen atoms in total. The highest BCUT2D eigenvalue weighted by molar-refractivity contribution is 5.95. The van der Waals surface area contributed by atoms with Crippen LogP contribution in [-0.2, 0) is 11.2 Å². The van der Waals surface area contributed by atoms with Crippen molar-refractivity contribution < 1.29 is 14.1 Å². The van der Waals surface area contributed by atoms with Gasteiger partial charge in [0.05, 0.1) is 0 Å². The van der Waals surface area contributed by atoms with E-state index in [0.29, 0.717) is 11.6 Å². The Morgan fingerprint density at radius 1 is 1.16 bits per heavy atom. The quantitative estimate of drug-likeness (QED) is 0.581. The maximum atomic E-state index is 13.2. The monoisotopic (exact) mass is 419 g/mol. The van der Waals surface area contributed by atoms with E-state index in [9.17, 15) is 4.79 Å². The first-order chi connectivity index (χ1) is 14.9. The van der Waals surface area contributed by atoms with Gasteiger partial charge in [0.2, 0.25) is 5.82 Å². The summed E-state index contributed by atoms with van der Waals surface area (Å²) >= 11 is 0. The summed E-state index contributed by atoms with van der Waals surface area (Å²) in [6.07, 6.45) is 10.8. The summed E-state index contributed by atoms with van der Waals surface area (Å²) in [5.74, 6) is 0.807. The number of rotatable bonds is 8. The number of amides is 1. The zero-order chi connectivity index (χ0) is 22.4. The van der Waals surface area contributed by atoms with E-state index in [1.807, 2.05) is 68.5 Å². The predicted octanol–water partition coefficient (Wildman–Crippen LogP) is 5.30. The van der Waals surface area contributed by atoms with Crippen LogP contribution in [0.4, 0.5) is 6.01 Å². The summed E-state index contributed by atoms with van der Waals surface area (Å²) in [6, 6.07) is 7.80. The molecule has 0 aliphatic heterocycles. The molecular weight excluding hydrogens is 390 g/mol. The molecule has 0 N–H and O–H groups in total. The van der Waals surface area contributed by atoms with E-state index < -0.39 is 6.10 Å². The van der Waals surface area contributed by atoms with Gasteiger partial charge in [-0.15, -0.1) is 0 Å². The molecule has 1 aromatic heterocycles. The molecule has 0 fully saturated rings. The van der Waals surface area contributed by atoms with Crippen LogP contribution in [0.3, 0.4) is 0 Å². The predicted molar refractivity (Wildman–Crippen MR) is 123 cm³/mol. The van der Waals surface area contributed by atoms with Crippen molar-refractivity contribution >= 4 is 17.5 Å². The van der Waals surface area contributed by atoms with E-state index >= 15 is 0 Å². The molecule has 1 aliphatic carbocycles. The molecule has 2 aromatic rings. The number of carbonyl (C=O) groups excluding carboxylic acids is 1. The number of allylic oxidation sites excluding steroid dienone is 7. The van der Waals surface area contributed by atoms with Crippen LogP contribution in [-0.4, -0.2) is 28.2 Å². The van der Waals surface area contributed by atoms with Crippen LogP contribution in [0.1, 0.15) is 45.5 Å². The van der Waals surface area contributed by atoms with Crippen molar-refractivity contribution in [2.24, 2.45) is 0 Å². The minimum absolute atomic E-state index is 0.144. The zero-order valence-electron chi connectivity index (χ0n) is 18.5. The topological polar surface area (TPSA) is 68.5 Å². The lowest BCUT2D eigenvalue weighted by atomic mass is 10.1. The van der Waals surface area contributed by atoms with Gasteiger partial charge >= 0.3 is 6.01 Å². The molecular formula is C25H29N3O3. The van der Waals surface area contributed by atoms with Crippen molar-refractivity contribution in [1.82, 2.24) is 10.1 Å². The first-order valence-electron chi connectivity index (χ1n) is 10.6. The summed E-state index contributed by atoms with van der Waals surface area (Å²) < 4.78 is 11.3. The van der Waals surface area contributed by atoms with Gasteiger partial charge in [-0.2, -0.15) is 4.98 Å². The zero-order valence-corrected chi connectivity index (χ0v) is 18.5. The fourth-order valence-electron chi connectivity index (χ4n) is 3.21. The number of hydrogen-bond donors (Lipinski definition) is 0. The molecule has 6 heteroatoms. The second kappa shape index (κ2) is 10.1. The Balaban J connectivity index is 1.75. The maximum absolute atomic E-state index is 13.2. The summed E-state index contributed by atoms with van der Waals surface area (Å²) in [6.45, 7) is 11.6. The molecule has 0 radical (unpaired) electrons. The van der Waals surface area contributed by atoms with Gasteiger partial charge in [-0.3, -0.25) is 9.69 Å².